The Morgan fingerprint density at radius 3 is 2.60 bits per heavy atom. The second-order valence-corrected chi connectivity index (χ2v) is 12.2. The molecule has 1 saturated carbocycles. The Hall–Kier alpha value is -3.98. The molecule has 2 aromatic heterocycles. The molecule has 1 atom stereocenters. The Bertz CT molecular complexity index is 1690. The third-order valence-corrected chi connectivity index (χ3v) is 8.88. The lowest BCUT2D eigenvalue weighted by atomic mass is 9.88. The van der Waals surface area contributed by atoms with Gasteiger partial charge in [0.1, 0.15) is 29.7 Å². The van der Waals surface area contributed by atoms with Crippen molar-refractivity contribution in [3.8, 4) is 6.07 Å². The minimum absolute atomic E-state index is 0.0475. The van der Waals surface area contributed by atoms with E-state index in [0.29, 0.717) is 50.8 Å². The Morgan fingerprint density at radius 1 is 1.12 bits per heavy atom. The van der Waals surface area contributed by atoms with Gasteiger partial charge in [0.25, 0.3) is 11.5 Å². The van der Waals surface area contributed by atoms with Crippen molar-refractivity contribution >= 4 is 22.8 Å². The van der Waals surface area contributed by atoms with Crippen LogP contribution in [0.4, 0.5) is 19.0 Å². The van der Waals surface area contributed by atoms with Gasteiger partial charge in [-0.3, -0.25) is 14.2 Å². The van der Waals surface area contributed by atoms with E-state index in [1.165, 1.54) is 16.7 Å². The topological polar surface area (TPSA) is 116 Å². The van der Waals surface area contributed by atoms with Gasteiger partial charge in [0.2, 0.25) is 5.91 Å². The van der Waals surface area contributed by atoms with Crippen molar-refractivity contribution in [2.75, 3.05) is 31.5 Å². The number of aryl methyl sites for hydroxylation is 1. The molecule has 7 rings (SSSR count). The highest BCUT2D eigenvalue weighted by Crippen LogP contribution is 2.47. The van der Waals surface area contributed by atoms with Crippen LogP contribution in [0.5, 0.6) is 0 Å². The Labute approximate surface area is 247 Å². The number of hydrogen-bond donors (Lipinski definition) is 2. The van der Waals surface area contributed by atoms with E-state index in [-0.39, 0.29) is 46.8 Å². The van der Waals surface area contributed by atoms with Crippen molar-refractivity contribution in [1.82, 2.24) is 24.8 Å². The maximum Gasteiger partial charge on any atom is 0.276 e. The number of nitrogens with zero attached hydrogens (tertiary/aromatic N) is 5. The lowest BCUT2D eigenvalue weighted by molar-refractivity contribution is -0.121. The number of nitrogens with one attached hydrogen (secondary N) is 2. The molecule has 3 aromatic rings. The Kier molecular flexibility index (Phi) is 7.40. The third kappa shape index (κ3) is 5.46. The first kappa shape index (κ1) is 29.1. The van der Waals surface area contributed by atoms with Crippen LogP contribution in [0.1, 0.15) is 67.6 Å². The van der Waals surface area contributed by atoms with Crippen molar-refractivity contribution < 1.29 is 18.0 Å². The van der Waals surface area contributed by atoms with Crippen LogP contribution >= 0.6 is 0 Å². The molecule has 1 aliphatic carbocycles. The highest BCUT2D eigenvalue weighted by Gasteiger charge is 2.48. The fourth-order valence-corrected chi connectivity index (χ4v) is 6.32. The lowest BCUT2D eigenvalue weighted by Crippen LogP contribution is -2.48. The van der Waals surface area contributed by atoms with Gasteiger partial charge in [-0.25, -0.2) is 23.1 Å². The third-order valence-electron chi connectivity index (χ3n) is 8.88. The fraction of sp³-hybridized carbons (Fsp3) is 0.516. The molecule has 1 saturated heterocycles. The second-order valence-electron chi connectivity index (χ2n) is 12.2. The average Bonchev–Trinajstić information content (AvgIpc) is 3.73. The van der Waals surface area contributed by atoms with Crippen LogP contribution in [-0.4, -0.2) is 51.5 Å². The molecular weight excluding hydrogens is 559 g/mol. The molecule has 3 aliphatic heterocycles. The number of nitriles is 1. The Morgan fingerprint density at radius 2 is 1.88 bits per heavy atom. The number of anilines is 1. The monoisotopic (exact) mass is 593 g/mol. The zero-order valence-corrected chi connectivity index (χ0v) is 24.2. The summed E-state index contributed by atoms with van der Waals surface area (Å²) >= 11 is 0. The molecular formula is C31H34F3N7O2. The van der Waals surface area contributed by atoms with Gasteiger partial charge < -0.3 is 15.5 Å². The van der Waals surface area contributed by atoms with Crippen LogP contribution < -0.4 is 16.2 Å². The molecule has 4 aliphatic rings. The number of fused-ring (bicyclic) bond motifs is 8. The van der Waals surface area contributed by atoms with Crippen molar-refractivity contribution in [3.63, 3.8) is 0 Å². The SMILES string of the molecule is Cc1nc2c3cc(C4(C#N)CC4)c(=O)n(c3n1)CC(=O)NCCCCN1CC(C1)CC(F)(F)c1cccc(c1F)[C@H](C)N2. The molecule has 12 heteroatoms. The number of carbonyl (C=O) groups is 1. The number of hydrogen-bond acceptors (Lipinski definition) is 7. The number of amides is 1. The predicted octanol–water partition coefficient (Wildman–Crippen LogP) is 4.29. The molecule has 2 N–H and O–H groups in total. The first-order valence-corrected chi connectivity index (χ1v) is 14.8. The molecule has 0 radical (unpaired) electrons. The molecule has 226 valence electrons. The highest BCUT2D eigenvalue weighted by molar-refractivity contribution is 5.89. The predicted molar refractivity (Wildman–Crippen MR) is 154 cm³/mol. The van der Waals surface area contributed by atoms with E-state index in [2.05, 4.69) is 31.6 Å². The minimum atomic E-state index is -3.33. The average molecular weight is 594 g/mol. The largest absolute Gasteiger partial charge is 0.363 e. The zero-order valence-electron chi connectivity index (χ0n) is 24.2. The van der Waals surface area contributed by atoms with Gasteiger partial charge in [0, 0.05) is 37.2 Å². The summed E-state index contributed by atoms with van der Waals surface area (Å²) in [7, 11) is 0. The number of rotatable bonds is 1. The maximum absolute atomic E-state index is 15.8. The summed E-state index contributed by atoms with van der Waals surface area (Å²) < 4.78 is 47.9. The van der Waals surface area contributed by atoms with E-state index in [4.69, 9.17) is 0 Å². The summed E-state index contributed by atoms with van der Waals surface area (Å²) in [5.74, 6) is -4.37. The maximum atomic E-state index is 15.8. The number of aromatic nitrogens is 3. The van der Waals surface area contributed by atoms with E-state index >= 15 is 13.2 Å². The van der Waals surface area contributed by atoms with Crippen molar-refractivity contribution in [2.24, 2.45) is 5.92 Å². The normalized spacial score (nSPS) is 25.0. The molecule has 9 nitrogen and oxygen atoms in total. The zero-order chi connectivity index (χ0) is 30.5. The number of halogens is 3. The second kappa shape index (κ2) is 10.9. The quantitative estimate of drug-likeness (QED) is 0.433. The molecule has 5 heterocycles. The molecule has 2 fully saturated rings. The van der Waals surface area contributed by atoms with Crippen LogP contribution in [0, 0.1) is 30.0 Å². The first-order chi connectivity index (χ1) is 20.5. The first-order valence-electron chi connectivity index (χ1n) is 14.8. The van der Waals surface area contributed by atoms with E-state index in [1.807, 2.05) is 0 Å². The van der Waals surface area contributed by atoms with Gasteiger partial charge in [-0.15, -0.1) is 0 Å². The summed E-state index contributed by atoms with van der Waals surface area (Å²) in [6, 6.07) is 7.08. The summed E-state index contributed by atoms with van der Waals surface area (Å²) in [5, 5.41) is 16.3. The summed E-state index contributed by atoms with van der Waals surface area (Å²) in [4.78, 5) is 37.8. The van der Waals surface area contributed by atoms with E-state index in [9.17, 15) is 14.9 Å². The summed E-state index contributed by atoms with van der Waals surface area (Å²) in [5.41, 5.74) is -1.57. The van der Waals surface area contributed by atoms with E-state index in [0.717, 1.165) is 12.5 Å². The van der Waals surface area contributed by atoms with Crippen LogP contribution in [0.25, 0.3) is 11.0 Å². The standard InChI is InChI=1S/C31H34F3N7O2/c1-18-21-6-5-7-23(26(21)32)31(33,34)13-20-14-40(15-20)11-4-3-10-36-25(42)16-41-28-22(27(37-18)38-19(2)39-28)12-24(29(41)43)30(17-35)8-9-30/h5-7,12,18,20H,3-4,8-11,13-16H2,1-2H3,(H,36,42)(H,37,38,39)/t18-/m0/s1. The molecule has 8 bridgehead atoms. The summed E-state index contributed by atoms with van der Waals surface area (Å²) in [6.45, 7) is 5.13. The lowest BCUT2D eigenvalue weighted by Gasteiger charge is -2.41. The van der Waals surface area contributed by atoms with E-state index in [1.54, 1.807) is 19.9 Å². The molecule has 1 aromatic carbocycles. The van der Waals surface area contributed by atoms with Crippen LogP contribution in [-0.2, 0) is 22.7 Å². The van der Waals surface area contributed by atoms with Crippen LogP contribution in [0.15, 0.2) is 29.1 Å². The van der Waals surface area contributed by atoms with Gasteiger partial charge >= 0.3 is 0 Å². The van der Waals surface area contributed by atoms with Gasteiger partial charge in [0.15, 0.2) is 0 Å². The van der Waals surface area contributed by atoms with Crippen molar-refractivity contribution in [2.45, 2.75) is 69.9 Å². The number of benzene rings is 1. The summed E-state index contributed by atoms with van der Waals surface area (Å²) in [6.07, 6.45) is 2.03. The van der Waals surface area contributed by atoms with Gasteiger partial charge in [-0.2, -0.15) is 5.26 Å². The number of carbonyl (C=O) groups excluding carboxylic acids is 1. The molecule has 43 heavy (non-hydrogen) atoms. The van der Waals surface area contributed by atoms with Crippen molar-refractivity contribution in [1.29, 1.82) is 5.26 Å². The molecule has 1 amide bonds. The van der Waals surface area contributed by atoms with Crippen LogP contribution in [0.2, 0.25) is 0 Å². The number of alkyl halides is 2. The Balaban J connectivity index is 1.46. The van der Waals surface area contributed by atoms with Crippen LogP contribution in [0.3, 0.4) is 0 Å². The minimum Gasteiger partial charge on any atom is -0.363 e. The van der Waals surface area contributed by atoms with Gasteiger partial charge in [-0.1, -0.05) is 18.2 Å². The van der Waals surface area contributed by atoms with Gasteiger partial charge in [0.05, 0.1) is 28.5 Å². The fourth-order valence-electron chi connectivity index (χ4n) is 6.32. The molecule has 0 spiro atoms. The van der Waals surface area contributed by atoms with Crippen molar-refractivity contribution in [3.05, 3.63) is 63.0 Å². The smallest absolute Gasteiger partial charge is 0.276 e. The van der Waals surface area contributed by atoms with Gasteiger partial charge in [-0.05, 0) is 58.1 Å². The number of pyridine rings is 1. The molecule has 0 unspecified atom stereocenters. The van der Waals surface area contributed by atoms with E-state index < -0.39 is 40.7 Å². The highest BCUT2D eigenvalue weighted by atomic mass is 19.3.